The van der Waals surface area contributed by atoms with Gasteiger partial charge in [-0.2, -0.15) is 0 Å². The molecule has 1 amide bonds. The summed E-state index contributed by atoms with van der Waals surface area (Å²) in [4.78, 5) is 14.9. The molecule has 114 valence electrons. The van der Waals surface area contributed by atoms with Crippen LogP contribution in [0.15, 0.2) is 18.2 Å². The van der Waals surface area contributed by atoms with Crippen LogP contribution in [0.1, 0.15) is 32.0 Å². The first-order chi connectivity index (χ1) is 9.76. The molecule has 2 aromatic rings. The average molecular weight is 309 g/mol. The van der Waals surface area contributed by atoms with E-state index in [2.05, 4.69) is 10.3 Å². The SMILES string of the molecule is Cc1[nH]c2cc(Cl)ccc2c1CCNC(=O)OC(C)(C)C. The van der Waals surface area contributed by atoms with Gasteiger partial charge in [-0.3, -0.25) is 0 Å². The zero-order chi connectivity index (χ0) is 15.6. The molecule has 0 bridgehead atoms. The zero-order valence-electron chi connectivity index (χ0n) is 12.8. The average Bonchev–Trinajstić information content (AvgIpc) is 2.62. The Morgan fingerprint density at radius 3 is 2.76 bits per heavy atom. The number of alkyl carbamates (subject to hydrolysis) is 1. The van der Waals surface area contributed by atoms with Gasteiger partial charge in [-0.15, -0.1) is 0 Å². The third-order valence-corrected chi connectivity index (χ3v) is 3.36. The van der Waals surface area contributed by atoms with E-state index < -0.39 is 5.60 Å². The number of hydrogen-bond donors (Lipinski definition) is 2. The van der Waals surface area contributed by atoms with E-state index in [1.807, 2.05) is 45.9 Å². The number of carbonyl (C=O) groups excluding carboxylic acids is 1. The predicted octanol–water partition coefficient (Wildman–Crippen LogP) is 4.20. The van der Waals surface area contributed by atoms with Crippen LogP contribution in [0.25, 0.3) is 10.9 Å². The molecule has 5 heteroatoms. The number of benzene rings is 1. The Kier molecular flexibility index (Phi) is 4.47. The number of fused-ring (bicyclic) bond motifs is 1. The van der Waals surface area contributed by atoms with Crippen LogP contribution in [-0.4, -0.2) is 23.2 Å². The Labute approximate surface area is 129 Å². The molecule has 0 unspecified atom stereocenters. The summed E-state index contributed by atoms with van der Waals surface area (Å²) >= 11 is 5.99. The third-order valence-electron chi connectivity index (χ3n) is 3.12. The molecule has 4 nitrogen and oxygen atoms in total. The summed E-state index contributed by atoms with van der Waals surface area (Å²) in [7, 11) is 0. The summed E-state index contributed by atoms with van der Waals surface area (Å²) in [5.41, 5.74) is 2.83. The van der Waals surface area contributed by atoms with Crippen LogP contribution in [0, 0.1) is 6.92 Å². The van der Waals surface area contributed by atoms with Gasteiger partial charge in [0.05, 0.1) is 0 Å². The Morgan fingerprint density at radius 1 is 1.38 bits per heavy atom. The Hall–Kier alpha value is -1.68. The summed E-state index contributed by atoms with van der Waals surface area (Å²) in [5.74, 6) is 0. The maximum absolute atomic E-state index is 11.6. The van der Waals surface area contributed by atoms with Crippen LogP contribution in [0.4, 0.5) is 4.79 Å². The van der Waals surface area contributed by atoms with Gasteiger partial charge in [-0.25, -0.2) is 4.79 Å². The van der Waals surface area contributed by atoms with Gasteiger partial charge in [0.25, 0.3) is 0 Å². The monoisotopic (exact) mass is 308 g/mol. The molecule has 0 fully saturated rings. The summed E-state index contributed by atoms with van der Waals surface area (Å²) in [5, 5.41) is 4.63. The number of nitrogens with one attached hydrogen (secondary N) is 2. The number of rotatable bonds is 3. The second-order valence-corrected chi connectivity index (χ2v) is 6.53. The zero-order valence-corrected chi connectivity index (χ0v) is 13.6. The van der Waals surface area contributed by atoms with Crippen LogP contribution >= 0.6 is 11.6 Å². The number of H-pyrrole nitrogens is 1. The molecule has 21 heavy (non-hydrogen) atoms. The summed E-state index contributed by atoms with van der Waals surface area (Å²) in [6.45, 7) is 8.10. The van der Waals surface area contributed by atoms with E-state index in [1.54, 1.807) is 0 Å². The molecule has 0 saturated carbocycles. The molecule has 0 radical (unpaired) electrons. The maximum atomic E-state index is 11.6. The standard InChI is InChI=1S/C16H21ClN2O2/c1-10-12(7-8-18-15(20)21-16(2,3)4)13-6-5-11(17)9-14(13)19-10/h5-6,9,19H,7-8H2,1-4H3,(H,18,20). The highest BCUT2D eigenvalue weighted by Crippen LogP contribution is 2.25. The molecule has 0 aliphatic carbocycles. The lowest BCUT2D eigenvalue weighted by molar-refractivity contribution is 0.0528. The molecular formula is C16H21ClN2O2. The molecule has 0 spiro atoms. The van der Waals surface area contributed by atoms with E-state index in [4.69, 9.17) is 16.3 Å². The van der Waals surface area contributed by atoms with Crippen molar-refractivity contribution in [3.8, 4) is 0 Å². The fourth-order valence-corrected chi connectivity index (χ4v) is 2.46. The largest absolute Gasteiger partial charge is 0.444 e. The van der Waals surface area contributed by atoms with Crippen LogP contribution in [0.3, 0.4) is 0 Å². The molecule has 0 aliphatic heterocycles. The molecular weight excluding hydrogens is 288 g/mol. The van der Waals surface area contributed by atoms with E-state index in [1.165, 1.54) is 5.56 Å². The minimum atomic E-state index is -0.475. The van der Waals surface area contributed by atoms with E-state index in [9.17, 15) is 4.79 Å². The lowest BCUT2D eigenvalue weighted by Crippen LogP contribution is -2.33. The highest BCUT2D eigenvalue weighted by molar-refractivity contribution is 6.31. The topological polar surface area (TPSA) is 54.1 Å². The van der Waals surface area contributed by atoms with E-state index in [0.29, 0.717) is 11.6 Å². The summed E-state index contributed by atoms with van der Waals surface area (Å²) < 4.78 is 5.22. The second kappa shape index (κ2) is 5.98. The second-order valence-electron chi connectivity index (χ2n) is 6.10. The highest BCUT2D eigenvalue weighted by Gasteiger charge is 2.16. The Balaban J connectivity index is 2.01. The number of aryl methyl sites for hydroxylation is 1. The Bertz CT molecular complexity index is 656. The third kappa shape index (κ3) is 4.14. The summed E-state index contributed by atoms with van der Waals surface area (Å²) in [6.07, 6.45) is 0.357. The van der Waals surface area contributed by atoms with Crippen molar-refractivity contribution in [2.75, 3.05) is 6.54 Å². The molecule has 0 atom stereocenters. The molecule has 2 rings (SSSR count). The smallest absolute Gasteiger partial charge is 0.407 e. The lowest BCUT2D eigenvalue weighted by atomic mass is 10.1. The van der Waals surface area contributed by atoms with E-state index in [0.717, 1.165) is 23.0 Å². The fourth-order valence-electron chi connectivity index (χ4n) is 2.29. The van der Waals surface area contributed by atoms with Crippen LogP contribution in [-0.2, 0) is 11.2 Å². The molecule has 0 saturated heterocycles. The number of hydrogen-bond acceptors (Lipinski definition) is 2. The van der Waals surface area contributed by atoms with Crippen molar-refractivity contribution in [3.05, 3.63) is 34.5 Å². The first-order valence-corrected chi connectivity index (χ1v) is 7.37. The minimum absolute atomic E-state index is 0.386. The van der Waals surface area contributed by atoms with Gasteiger partial charge >= 0.3 is 6.09 Å². The van der Waals surface area contributed by atoms with Gasteiger partial charge in [-0.05, 0) is 51.8 Å². The normalized spacial score (nSPS) is 11.7. The van der Waals surface area contributed by atoms with Crippen LogP contribution < -0.4 is 5.32 Å². The number of amides is 1. The van der Waals surface area contributed by atoms with Crippen molar-refractivity contribution in [3.63, 3.8) is 0 Å². The van der Waals surface area contributed by atoms with E-state index in [-0.39, 0.29) is 6.09 Å². The molecule has 1 heterocycles. The van der Waals surface area contributed by atoms with Crippen molar-refractivity contribution in [1.82, 2.24) is 10.3 Å². The first-order valence-electron chi connectivity index (χ1n) is 7.00. The van der Waals surface area contributed by atoms with Crippen molar-refractivity contribution >= 4 is 28.6 Å². The Morgan fingerprint density at radius 2 is 2.10 bits per heavy atom. The molecule has 1 aromatic heterocycles. The predicted molar refractivity (Wildman–Crippen MR) is 86.0 cm³/mol. The van der Waals surface area contributed by atoms with Crippen molar-refractivity contribution in [1.29, 1.82) is 0 Å². The van der Waals surface area contributed by atoms with Crippen LogP contribution in [0.2, 0.25) is 5.02 Å². The minimum Gasteiger partial charge on any atom is -0.444 e. The highest BCUT2D eigenvalue weighted by atomic mass is 35.5. The van der Waals surface area contributed by atoms with E-state index >= 15 is 0 Å². The molecule has 1 aromatic carbocycles. The van der Waals surface area contributed by atoms with Gasteiger partial charge in [-0.1, -0.05) is 17.7 Å². The van der Waals surface area contributed by atoms with Gasteiger partial charge in [0, 0.05) is 28.2 Å². The molecule has 0 aliphatic rings. The van der Waals surface area contributed by atoms with Crippen molar-refractivity contribution in [2.45, 2.75) is 39.7 Å². The van der Waals surface area contributed by atoms with Gasteiger partial charge in [0.2, 0.25) is 0 Å². The number of carbonyl (C=O) groups is 1. The van der Waals surface area contributed by atoms with Gasteiger partial charge in [0.15, 0.2) is 0 Å². The molecule has 2 N–H and O–H groups in total. The quantitative estimate of drug-likeness (QED) is 0.893. The number of aromatic amines is 1. The number of halogens is 1. The number of aromatic nitrogens is 1. The van der Waals surface area contributed by atoms with Crippen molar-refractivity contribution < 1.29 is 9.53 Å². The fraction of sp³-hybridized carbons (Fsp3) is 0.438. The lowest BCUT2D eigenvalue weighted by Gasteiger charge is -2.19. The first kappa shape index (κ1) is 15.7. The van der Waals surface area contributed by atoms with Gasteiger partial charge < -0.3 is 15.0 Å². The van der Waals surface area contributed by atoms with Crippen LogP contribution in [0.5, 0.6) is 0 Å². The van der Waals surface area contributed by atoms with Crippen molar-refractivity contribution in [2.24, 2.45) is 0 Å². The maximum Gasteiger partial charge on any atom is 0.407 e. The van der Waals surface area contributed by atoms with Gasteiger partial charge in [0.1, 0.15) is 5.60 Å². The summed E-state index contributed by atoms with van der Waals surface area (Å²) in [6, 6.07) is 5.79. The number of ether oxygens (including phenoxy) is 1.